The number of fused-ring (bicyclic) bond motifs is 1. The molecular weight excluding hydrogens is 495 g/mol. The summed E-state index contributed by atoms with van der Waals surface area (Å²) in [5.74, 6) is -1.32. The van der Waals surface area contributed by atoms with Gasteiger partial charge in [0, 0.05) is 12.1 Å². The number of hydrogen-bond acceptors (Lipinski definition) is 6. The first-order valence-electron chi connectivity index (χ1n) is 10.1. The van der Waals surface area contributed by atoms with Crippen molar-refractivity contribution in [2.75, 3.05) is 13.3 Å². The van der Waals surface area contributed by atoms with Gasteiger partial charge >= 0.3 is 17.8 Å². The molecule has 0 atom stereocenters. The zero-order valence-corrected chi connectivity index (χ0v) is 18.3. The fourth-order valence-electron chi connectivity index (χ4n) is 3.05. The molecule has 1 aliphatic rings. The number of rotatable bonds is 6. The van der Waals surface area contributed by atoms with Crippen LogP contribution in [0.25, 0.3) is 11.1 Å². The molecule has 36 heavy (non-hydrogen) atoms. The average molecular weight is 514 g/mol. The van der Waals surface area contributed by atoms with E-state index in [0.29, 0.717) is 5.75 Å². The van der Waals surface area contributed by atoms with Gasteiger partial charge in [-0.2, -0.15) is 27.1 Å². The van der Waals surface area contributed by atoms with E-state index in [0.717, 1.165) is 27.1 Å². The third-order valence-electron chi connectivity index (χ3n) is 4.91. The minimum Gasteiger partial charge on any atom is -0.475 e. The van der Waals surface area contributed by atoms with Crippen molar-refractivity contribution >= 4 is 5.97 Å². The standard InChI is InChI=1S/C20H18F2N4O3.C2HF3O2/c21-19(22)16(8-23)10-26-20(27)25(11-24-26)9-13-1-3-14(4-2-13)15-5-6-17-18(7-15)29-12-28-17;3-2(4,5)1(6)7/h1-7,11H,8-10,12,23H2;(H,6,7). The van der Waals surface area contributed by atoms with E-state index in [1.165, 1.54) is 10.9 Å². The van der Waals surface area contributed by atoms with E-state index >= 15 is 0 Å². The molecule has 0 fully saturated rings. The van der Waals surface area contributed by atoms with Gasteiger partial charge < -0.3 is 20.3 Å². The van der Waals surface area contributed by atoms with E-state index in [1.807, 2.05) is 42.5 Å². The lowest BCUT2D eigenvalue weighted by Crippen LogP contribution is -2.27. The van der Waals surface area contributed by atoms with Crippen LogP contribution < -0.4 is 20.9 Å². The number of carboxylic acid groups (broad SMARTS) is 1. The summed E-state index contributed by atoms with van der Waals surface area (Å²) in [7, 11) is 0. The molecule has 9 nitrogen and oxygen atoms in total. The Labute approximate surface area is 199 Å². The van der Waals surface area contributed by atoms with E-state index in [9.17, 15) is 26.7 Å². The summed E-state index contributed by atoms with van der Waals surface area (Å²) in [6.45, 7) is -0.155. The number of alkyl halides is 3. The van der Waals surface area contributed by atoms with Crippen molar-refractivity contribution in [3.8, 4) is 22.6 Å². The number of hydrogen-bond donors (Lipinski definition) is 2. The Bertz CT molecular complexity index is 1310. The molecular formula is C22H19F5N4O5. The van der Waals surface area contributed by atoms with Gasteiger partial charge in [-0.3, -0.25) is 4.57 Å². The van der Waals surface area contributed by atoms with Crippen molar-refractivity contribution < 1.29 is 41.3 Å². The second-order valence-electron chi connectivity index (χ2n) is 7.34. The third kappa shape index (κ3) is 6.47. The molecule has 4 rings (SSSR count). The molecule has 0 saturated heterocycles. The van der Waals surface area contributed by atoms with Crippen LogP contribution in [0.5, 0.6) is 11.5 Å². The predicted molar refractivity (Wildman–Crippen MR) is 116 cm³/mol. The maximum atomic E-state index is 12.8. The van der Waals surface area contributed by atoms with Crippen molar-refractivity contribution in [3.05, 3.63) is 76.5 Å². The number of ether oxygens (including phenoxy) is 2. The number of aliphatic carboxylic acids is 1. The molecule has 3 N–H and O–H groups in total. The normalized spacial score (nSPS) is 12.1. The molecule has 14 heteroatoms. The third-order valence-corrected chi connectivity index (χ3v) is 4.91. The van der Waals surface area contributed by atoms with E-state index < -0.39 is 23.9 Å². The fourth-order valence-corrected chi connectivity index (χ4v) is 3.05. The second kappa shape index (κ2) is 11.0. The second-order valence-corrected chi connectivity index (χ2v) is 7.34. The quantitative estimate of drug-likeness (QED) is 0.485. The van der Waals surface area contributed by atoms with Gasteiger partial charge in [-0.05, 0) is 28.8 Å². The zero-order valence-electron chi connectivity index (χ0n) is 18.3. The maximum absolute atomic E-state index is 12.8. The van der Waals surface area contributed by atoms with Gasteiger partial charge in [-0.25, -0.2) is 14.3 Å². The first-order chi connectivity index (χ1) is 17.0. The molecule has 3 aromatic rings. The van der Waals surface area contributed by atoms with Gasteiger partial charge in [-0.1, -0.05) is 30.3 Å². The van der Waals surface area contributed by atoms with Crippen LogP contribution in [0.15, 0.2) is 65.2 Å². The van der Waals surface area contributed by atoms with Crippen LogP contribution >= 0.6 is 0 Å². The summed E-state index contributed by atoms with van der Waals surface area (Å²) < 4.78 is 70.3. The van der Waals surface area contributed by atoms with Crippen molar-refractivity contribution in [2.24, 2.45) is 5.73 Å². The van der Waals surface area contributed by atoms with Crippen LogP contribution in [-0.2, 0) is 17.9 Å². The molecule has 0 radical (unpaired) electrons. The van der Waals surface area contributed by atoms with Gasteiger partial charge in [0.2, 0.25) is 6.79 Å². The number of carbonyl (C=O) groups is 1. The van der Waals surface area contributed by atoms with Gasteiger partial charge in [0.15, 0.2) is 11.5 Å². The highest BCUT2D eigenvalue weighted by Gasteiger charge is 2.38. The molecule has 2 heterocycles. The lowest BCUT2D eigenvalue weighted by atomic mass is 10.0. The lowest BCUT2D eigenvalue weighted by Gasteiger charge is -2.06. The molecule has 192 valence electrons. The Kier molecular flexibility index (Phi) is 8.09. The average Bonchev–Trinajstić information content (AvgIpc) is 3.44. The molecule has 0 spiro atoms. The Morgan fingerprint density at radius 3 is 2.25 bits per heavy atom. The first kappa shape index (κ1) is 26.4. The maximum Gasteiger partial charge on any atom is 0.490 e. The van der Waals surface area contributed by atoms with Crippen LogP contribution in [0.4, 0.5) is 22.0 Å². The van der Waals surface area contributed by atoms with Crippen molar-refractivity contribution in [1.29, 1.82) is 0 Å². The minimum atomic E-state index is -5.08. The van der Waals surface area contributed by atoms with E-state index in [1.54, 1.807) is 0 Å². The Morgan fingerprint density at radius 2 is 1.67 bits per heavy atom. The minimum absolute atomic E-state index is 0.223. The molecule has 2 aromatic carbocycles. The van der Waals surface area contributed by atoms with Gasteiger partial charge in [0.05, 0.1) is 13.1 Å². The molecule has 0 unspecified atom stereocenters. The van der Waals surface area contributed by atoms with Crippen molar-refractivity contribution in [1.82, 2.24) is 14.3 Å². The molecule has 0 aliphatic carbocycles. The monoisotopic (exact) mass is 514 g/mol. The van der Waals surface area contributed by atoms with Crippen molar-refractivity contribution in [2.45, 2.75) is 19.3 Å². The molecule has 0 saturated carbocycles. The number of aromatic nitrogens is 3. The van der Waals surface area contributed by atoms with Crippen molar-refractivity contribution in [3.63, 3.8) is 0 Å². The molecule has 0 bridgehead atoms. The molecule has 1 aliphatic heterocycles. The van der Waals surface area contributed by atoms with Crippen LogP contribution in [-0.4, -0.2) is 44.9 Å². The highest BCUT2D eigenvalue weighted by Crippen LogP contribution is 2.35. The zero-order chi connectivity index (χ0) is 26.5. The summed E-state index contributed by atoms with van der Waals surface area (Å²) in [6.07, 6.45) is -5.63. The summed E-state index contributed by atoms with van der Waals surface area (Å²) in [4.78, 5) is 21.3. The topological polar surface area (TPSA) is 122 Å². The molecule has 0 amide bonds. The largest absolute Gasteiger partial charge is 0.490 e. The van der Waals surface area contributed by atoms with Gasteiger partial charge in [-0.15, -0.1) is 0 Å². The van der Waals surface area contributed by atoms with E-state index in [4.69, 9.17) is 25.1 Å². The highest BCUT2D eigenvalue weighted by atomic mass is 19.4. The van der Waals surface area contributed by atoms with E-state index in [-0.39, 0.29) is 32.0 Å². The number of halogens is 5. The number of nitrogens with zero attached hydrogens (tertiary/aromatic N) is 3. The lowest BCUT2D eigenvalue weighted by molar-refractivity contribution is -0.192. The number of nitrogens with two attached hydrogens (primary N) is 1. The summed E-state index contributed by atoms with van der Waals surface area (Å²) in [6, 6.07) is 13.4. The van der Waals surface area contributed by atoms with Crippen LogP contribution in [0.1, 0.15) is 5.56 Å². The van der Waals surface area contributed by atoms with Crippen LogP contribution in [0, 0.1) is 0 Å². The van der Waals surface area contributed by atoms with Crippen LogP contribution in [0.2, 0.25) is 0 Å². The highest BCUT2D eigenvalue weighted by molar-refractivity contribution is 5.73. The fraction of sp³-hybridized carbons (Fsp3) is 0.227. The summed E-state index contributed by atoms with van der Waals surface area (Å²) in [5, 5.41) is 11.0. The first-order valence-corrected chi connectivity index (χ1v) is 10.1. The predicted octanol–water partition coefficient (Wildman–Crippen LogP) is 3.23. The SMILES string of the molecule is NCC(Cn1ncn(Cc2ccc(-c3ccc4c(c3)OCO4)cc2)c1=O)=C(F)F.O=C(O)C(F)(F)F. The molecule has 1 aromatic heterocycles. The number of carboxylic acids is 1. The Hall–Kier alpha value is -4.20. The van der Waals surface area contributed by atoms with Gasteiger partial charge in [0.1, 0.15) is 6.33 Å². The summed E-state index contributed by atoms with van der Waals surface area (Å²) >= 11 is 0. The van der Waals surface area contributed by atoms with Crippen LogP contribution in [0.3, 0.4) is 0 Å². The summed E-state index contributed by atoms with van der Waals surface area (Å²) in [5.41, 5.74) is 7.36. The van der Waals surface area contributed by atoms with Gasteiger partial charge in [0.25, 0.3) is 6.08 Å². The number of benzene rings is 2. The Morgan fingerprint density at radius 1 is 1.06 bits per heavy atom. The Balaban J connectivity index is 0.000000454. The van der Waals surface area contributed by atoms with E-state index in [2.05, 4.69) is 5.10 Å². The smallest absolute Gasteiger partial charge is 0.475 e.